The van der Waals surface area contributed by atoms with Gasteiger partial charge in [0.05, 0.1) is 12.2 Å². The van der Waals surface area contributed by atoms with E-state index in [-0.39, 0.29) is 5.56 Å². The van der Waals surface area contributed by atoms with Gasteiger partial charge in [-0.1, -0.05) is 11.6 Å². The number of benzene rings is 1. The van der Waals surface area contributed by atoms with Gasteiger partial charge in [-0.2, -0.15) is 0 Å². The first-order chi connectivity index (χ1) is 7.09. The van der Waals surface area contributed by atoms with Crippen LogP contribution in [0.5, 0.6) is 5.75 Å². The van der Waals surface area contributed by atoms with Gasteiger partial charge in [0.1, 0.15) is 5.75 Å². The molecule has 0 aromatic heterocycles. The number of ketones is 1. The number of ether oxygens (including phenoxy) is 1. The van der Waals surface area contributed by atoms with E-state index in [1.54, 1.807) is 6.07 Å². The first kappa shape index (κ1) is 9.98. The number of hydrogen-bond acceptors (Lipinski definition) is 3. The van der Waals surface area contributed by atoms with Gasteiger partial charge in [0.2, 0.25) is 0 Å². The highest BCUT2D eigenvalue weighted by Crippen LogP contribution is 2.33. The van der Waals surface area contributed by atoms with Crippen LogP contribution in [0.3, 0.4) is 0 Å². The molecule has 4 nitrogen and oxygen atoms in total. The Morgan fingerprint density at radius 1 is 1.40 bits per heavy atom. The van der Waals surface area contributed by atoms with E-state index >= 15 is 0 Å². The monoisotopic (exact) mass is 226 g/mol. The predicted octanol–water partition coefficient (Wildman–Crippen LogP) is 1.54. The lowest BCUT2D eigenvalue weighted by atomic mass is 10.0. The van der Waals surface area contributed by atoms with Crippen molar-refractivity contribution in [1.29, 1.82) is 0 Å². The molecule has 0 unspecified atom stereocenters. The Morgan fingerprint density at radius 2 is 2.13 bits per heavy atom. The minimum Gasteiger partial charge on any atom is -0.492 e. The molecule has 0 spiro atoms. The molecule has 15 heavy (non-hydrogen) atoms. The van der Waals surface area contributed by atoms with Crippen LogP contribution >= 0.6 is 11.6 Å². The lowest BCUT2D eigenvalue weighted by Crippen LogP contribution is -2.13. The highest BCUT2D eigenvalue weighted by Gasteiger charge is 2.25. The van der Waals surface area contributed by atoms with Crippen LogP contribution in [0, 0.1) is 0 Å². The van der Waals surface area contributed by atoms with Crippen LogP contribution in [0.25, 0.3) is 0 Å². The Hall–Kier alpha value is -1.55. The predicted molar refractivity (Wildman–Crippen MR) is 52.6 cm³/mol. The SMILES string of the molecule is O=C(O)C(=O)c1cc(Cl)cc2c1OCC2. The molecule has 1 N–H and O–H groups in total. The molecule has 1 aromatic rings. The second-order valence-corrected chi connectivity index (χ2v) is 3.61. The van der Waals surface area contributed by atoms with Crippen molar-refractivity contribution in [3.05, 3.63) is 28.3 Å². The molecular formula is C10H7ClO4. The van der Waals surface area contributed by atoms with E-state index in [9.17, 15) is 9.59 Å². The van der Waals surface area contributed by atoms with E-state index in [1.807, 2.05) is 0 Å². The number of hydrogen-bond donors (Lipinski definition) is 1. The molecule has 0 aliphatic carbocycles. The van der Waals surface area contributed by atoms with Crippen LogP contribution in [0.1, 0.15) is 15.9 Å². The van der Waals surface area contributed by atoms with Crippen molar-refractivity contribution in [3.8, 4) is 5.75 Å². The zero-order valence-corrected chi connectivity index (χ0v) is 8.37. The number of carboxylic acids is 1. The molecule has 0 fully saturated rings. The third kappa shape index (κ3) is 1.68. The van der Waals surface area contributed by atoms with Crippen LogP contribution in [0.4, 0.5) is 0 Å². The fourth-order valence-corrected chi connectivity index (χ4v) is 1.79. The highest BCUT2D eigenvalue weighted by atomic mass is 35.5. The Bertz CT molecular complexity index is 453. The molecule has 78 valence electrons. The van der Waals surface area contributed by atoms with Gasteiger partial charge in [0.15, 0.2) is 0 Å². The Kier molecular flexibility index (Phi) is 2.36. The summed E-state index contributed by atoms with van der Waals surface area (Å²) in [4.78, 5) is 21.9. The summed E-state index contributed by atoms with van der Waals surface area (Å²) < 4.78 is 5.21. The fourth-order valence-electron chi connectivity index (χ4n) is 1.55. The summed E-state index contributed by atoms with van der Waals surface area (Å²) >= 11 is 5.78. The lowest BCUT2D eigenvalue weighted by molar-refractivity contribution is -0.131. The van der Waals surface area contributed by atoms with Gasteiger partial charge in [0, 0.05) is 11.4 Å². The van der Waals surface area contributed by atoms with Gasteiger partial charge in [-0.3, -0.25) is 4.79 Å². The molecule has 1 aliphatic rings. The van der Waals surface area contributed by atoms with Gasteiger partial charge < -0.3 is 9.84 Å². The van der Waals surface area contributed by atoms with Crippen LogP contribution in [-0.4, -0.2) is 23.5 Å². The normalized spacial score (nSPS) is 13.1. The molecule has 5 heteroatoms. The number of carbonyl (C=O) groups is 2. The fraction of sp³-hybridized carbons (Fsp3) is 0.200. The Morgan fingerprint density at radius 3 is 2.80 bits per heavy atom. The van der Waals surface area contributed by atoms with Gasteiger partial charge in [0.25, 0.3) is 5.78 Å². The average molecular weight is 227 g/mol. The number of halogens is 1. The van der Waals surface area contributed by atoms with Crippen LogP contribution in [0.15, 0.2) is 12.1 Å². The molecular weight excluding hydrogens is 220 g/mol. The van der Waals surface area contributed by atoms with Gasteiger partial charge in [-0.15, -0.1) is 0 Å². The smallest absolute Gasteiger partial charge is 0.377 e. The van der Waals surface area contributed by atoms with Crippen LogP contribution in [0.2, 0.25) is 5.02 Å². The zero-order valence-electron chi connectivity index (χ0n) is 7.62. The summed E-state index contributed by atoms with van der Waals surface area (Å²) in [6.45, 7) is 0.454. The number of fused-ring (bicyclic) bond motifs is 1. The molecule has 0 radical (unpaired) electrons. The molecule has 0 bridgehead atoms. The van der Waals surface area contributed by atoms with Gasteiger partial charge in [-0.05, 0) is 17.7 Å². The van der Waals surface area contributed by atoms with Gasteiger partial charge >= 0.3 is 5.97 Å². The molecule has 0 saturated carbocycles. The van der Waals surface area contributed by atoms with Crippen molar-refractivity contribution in [2.24, 2.45) is 0 Å². The van der Waals surface area contributed by atoms with Crippen molar-refractivity contribution in [2.75, 3.05) is 6.61 Å². The van der Waals surface area contributed by atoms with Crippen molar-refractivity contribution in [1.82, 2.24) is 0 Å². The quantitative estimate of drug-likeness (QED) is 0.614. The largest absolute Gasteiger partial charge is 0.492 e. The standard InChI is InChI=1S/C10H7ClO4/c11-6-3-5-1-2-15-9(5)7(4-6)8(12)10(13)14/h3-4H,1-2H2,(H,13,14). The number of aliphatic carboxylic acids is 1. The van der Waals surface area contributed by atoms with Crippen molar-refractivity contribution >= 4 is 23.4 Å². The summed E-state index contributed by atoms with van der Waals surface area (Å²) in [6, 6.07) is 3.00. The van der Waals surface area contributed by atoms with E-state index in [0.717, 1.165) is 5.56 Å². The first-order valence-electron chi connectivity index (χ1n) is 4.32. The van der Waals surface area contributed by atoms with Crippen molar-refractivity contribution < 1.29 is 19.4 Å². The van der Waals surface area contributed by atoms with Crippen LogP contribution < -0.4 is 4.74 Å². The highest BCUT2D eigenvalue weighted by molar-refractivity contribution is 6.41. The molecule has 0 amide bonds. The second-order valence-electron chi connectivity index (χ2n) is 3.17. The molecule has 2 rings (SSSR count). The third-order valence-corrected chi connectivity index (χ3v) is 2.41. The number of rotatable bonds is 2. The summed E-state index contributed by atoms with van der Waals surface area (Å²) in [5, 5.41) is 8.96. The zero-order chi connectivity index (χ0) is 11.0. The maximum absolute atomic E-state index is 11.3. The molecule has 1 aromatic carbocycles. The van der Waals surface area contributed by atoms with Crippen LogP contribution in [-0.2, 0) is 11.2 Å². The van der Waals surface area contributed by atoms with E-state index in [1.165, 1.54) is 6.07 Å². The number of Topliss-reactive ketones (excluding diaryl/α,β-unsaturated/α-hetero) is 1. The van der Waals surface area contributed by atoms with E-state index < -0.39 is 11.8 Å². The molecule has 0 atom stereocenters. The van der Waals surface area contributed by atoms with Gasteiger partial charge in [-0.25, -0.2) is 4.79 Å². The summed E-state index contributed by atoms with van der Waals surface area (Å²) in [7, 11) is 0. The minimum absolute atomic E-state index is 0.0301. The topological polar surface area (TPSA) is 63.6 Å². The second kappa shape index (κ2) is 3.55. The molecule has 0 saturated heterocycles. The average Bonchev–Trinajstić information content (AvgIpc) is 2.62. The summed E-state index contributed by atoms with van der Waals surface area (Å²) in [5.74, 6) is -2.14. The minimum atomic E-state index is -1.50. The lowest BCUT2D eigenvalue weighted by Gasteiger charge is -2.05. The van der Waals surface area contributed by atoms with Crippen molar-refractivity contribution in [3.63, 3.8) is 0 Å². The summed E-state index contributed by atoms with van der Waals surface area (Å²) in [6.07, 6.45) is 0.649. The Balaban J connectivity index is 2.56. The maximum Gasteiger partial charge on any atom is 0.377 e. The molecule has 1 aliphatic heterocycles. The molecule has 1 heterocycles. The van der Waals surface area contributed by atoms with Crippen molar-refractivity contribution in [2.45, 2.75) is 6.42 Å². The Labute approximate surface area is 90.4 Å². The van der Waals surface area contributed by atoms with E-state index in [0.29, 0.717) is 23.8 Å². The third-order valence-electron chi connectivity index (χ3n) is 2.19. The number of carboxylic acid groups (broad SMARTS) is 1. The summed E-state index contributed by atoms with van der Waals surface area (Å²) in [5.41, 5.74) is 0.814. The number of carbonyl (C=O) groups excluding carboxylic acids is 1. The first-order valence-corrected chi connectivity index (χ1v) is 4.70. The maximum atomic E-state index is 11.3. The van der Waals surface area contributed by atoms with E-state index in [4.69, 9.17) is 21.4 Å². The van der Waals surface area contributed by atoms with E-state index in [2.05, 4.69) is 0 Å².